The molecule has 4 atom stereocenters. The summed E-state index contributed by atoms with van der Waals surface area (Å²) in [5, 5.41) is 0.151. The van der Waals surface area contributed by atoms with Crippen molar-refractivity contribution in [2.24, 2.45) is 0 Å². The molecule has 0 N–H and O–H groups in total. The van der Waals surface area contributed by atoms with Crippen molar-refractivity contribution in [1.82, 2.24) is 0 Å². The second kappa shape index (κ2) is 8.48. The van der Waals surface area contributed by atoms with Gasteiger partial charge >= 0.3 is 0 Å². The molecular weight excluding hydrogens is 372 g/mol. The van der Waals surface area contributed by atoms with E-state index >= 15 is 0 Å². The van der Waals surface area contributed by atoms with Crippen molar-refractivity contribution < 1.29 is 23.4 Å². The standard InChI is InChI=1S/C22H42O5Si/c1-11-12-13-14-16-18(26-21(5,6)24-16)19-17(25-22(7,8)27-19)15-23-28(9,10)20(2,3)4/h13-14,16-19H,11-12,15H2,1-10H3/b14-13-/t16-,17+,18+,19-/m0/s1. The second-order valence-electron chi connectivity index (χ2n) is 10.5. The van der Waals surface area contributed by atoms with Crippen molar-refractivity contribution >= 4 is 8.32 Å². The van der Waals surface area contributed by atoms with Crippen LogP contribution in [-0.4, -0.2) is 50.9 Å². The molecular formula is C22H42O5Si. The highest BCUT2D eigenvalue weighted by molar-refractivity contribution is 6.74. The molecule has 0 aromatic heterocycles. The van der Waals surface area contributed by atoms with E-state index in [-0.39, 0.29) is 29.5 Å². The van der Waals surface area contributed by atoms with Gasteiger partial charge in [-0.25, -0.2) is 0 Å². The minimum atomic E-state index is -1.88. The van der Waals surface area contributed by atoms with E-state index in [0.717, 1.165) is 12.8 Å². The van der Waals surface area contributed by atoms with Crippen LogP contribution in [0.5, 0.6) is 0 Å². The van der Waals surface area contributed by atoms with Gasteiger partial charge in [0.15, 0.2) is 19.9 Å². The Labute approximate surface area is 173 Å². The van der Waals surface area contributed by atoms with Gasteiger partial charge in [0.25, 0.3) is 0 Å². The van der Waals surface area contributed by atoms with Gasteiger partial charge in [-0.2, -0.15) is 0 Å². The van der Waals surface area contributed by atoms with Crippen molar-refractivity contribution in [2.45, 2.75) is 122 Å². The first-order valence-corrected chi connectivity index (χ1v) is 13.6. The largest absolute Gasteiger partial charge is 0.414 e. The van der Waals surface area contributed by atoms with Gasteiger partial charge in [-0.3, -0.25) is 0 Å². The molecule has 5 nitrogen and oxygen atoms in total. The number of allylic oxidation sites excluding steroid dienone is 1. The Kier molecular flexibility index (Phi) is 7.28. The van der Waals surface area contributed by atoms with E-state index < -0.39 is 19.9 Å². The molecule has 6 heteroatoms. The maximum atomic E-state index is 6.47. The summed E-state index contributed by atoms with van der Waals surface area (Å²) < 4.78 is 31.4. The molecule has 0 spiro atoms. The maximum Gasteiger partial charge on any atom is 0.192 e. The topological polar surface area (TPSA) is 46.2 Å². The van der Waals surface area contributed by atoms with Gasteiger partial charge in [0.05, 0.1) is 6.61 Å². The van der Waals surface area contributed by atoms with E-state index in [2.05, 4.69) is 52.9 Å². The molecule has 0 aromatic rings. The molecule has 0 radical (unpaired) electrons. The van der Waals surface area contributed by atoms with Crippen LogP contribution in [0.2, 0.25) is 18.1 Å². The summed E-state index contributed by atoms with van der Waals surface area (Å²) in [4.78, 5) is 0. The molecule has 2 aliphatic heterocycles. The van der Waals surface area contributed by atoms with E-state index in [1.807, 2.05) is 27.7 Å². The van der Waals surface area contributed by atoms with Crippen molar-refractivity contribution in [3.63, 3.8) is 0 Å². The second-order valence-corrected chi connectivity index (χ2v) is 15.3. The monoisotopic (exact) mass is 414 g/mol. The Morgan fingerprint density at radius 3 is 2.07 bits per heavy atom. The van der Waals surface area contributed by atoms with Crippen LogP contribution in [0.15, 0.2) is 12.2 Å². The Hall–Kier alpha value is -0.243. The zero-order valence-corrected chi connectivity index (χ0v) is 20.6. The summed E-state index contributed by atoms with van der Waals surface area (Å²) in [6, 6.07) is 0. The molecule has 2 fully saturated rings. The van der Waals surface area contributed by atoms with Gasteiger partial charge in [0.2, 0.25) is 0 Å². The molecule has 0 aliphatic carbocycles. The van der Waals surface area contributed by atoms with Crippen LogP contribution in [0, 0.1) is 0 Å². The van der Waals surface area contributed by atoms with Crippen LogP contribution in [-0.2, 0) is 23.4 Å². The van der Waals surface area contributed by atoms with Crippen LogP contribution < -0.4 is 0 Å². The molecule has 164 valence electrons. The molecule has 0 aromatic carbocycles. The Morgan fingerprint density at radius 1 is 0.929 bits per heavy atom. The van der Waals surface area contributed by atoms with E-state index in [9.17, 15) is 0 Å². The first kappa shape index (κ1) is 24.0. The smallest absolute Gasteiger partial charge is 0.192 e. The molecule has 2 saturated heterocycles. The molecule has 0 unspecified atom stereocenters. The van der Waals surface area contributed by atoms with Crippen molar-refractivity contribution in [2.75, 3.05) is 6.61 Å². The quantitative estimate of drug-likeness (QED) is 0.412. The van der Waals surface area contributed by atoms with E-state index in [0.29, 0.717) is 6.61 Å². The molecule has 0 bridgehead atoms. The lowest BCUT2D eigenvalue weighted by Crippen LogP contribution is -2.47. The zero-order valence-electron chi connectivity index (χ0n) is 19.6. The van der Waals surface area contributed by atoms with Crippen LogP contribution in [0.1, 0.15) is 68.2 Å². The summed E-state index contributed by atoms with van der Waals surface area (Å²) in [5.74, 6) is -1.31. The fourth-order valence-corrected chi connectivity index (χ4v) is 4.41. The average Bonchev–Trinajstić information content (AvgIpc) is 2.99. The summed E-state index contributed by atoms with van der Waals surface area (Å²) in [6.45, 7) is 21.8. The maximum absolute atomic E-state index is 6.47. The predicted molar refractivity (Wildman–Crippen MR) is 115 cm³/mol. The van der Waals surface area contributed by atoms with E-state index in [4.69, 9.17) is 23.4 Å². The van der Waals surface area contributed by atoms with E-state index in [1.165, 1.54) is 0 Å². The molecule has 2 heterocycles. The first-order valence-electron chi connectivity index (χ1n) is 10.7. The van der Waals surface area contributed by atoms with Gasteiger partial charge < -0.3 is 23.4 Å². The van der Waals surface area contributed by atoms with Gasteiger partial charge in [0, 0.05) is 0 Å². The number of unbranched alkanes of at least 4 members (excludes halogenated alkanes) is 1. The number of rotatable bonds is 7. The summed E-state index contributed by atoms with van der Waals surface area (Å²) in [5.41, 5.74) is 0. The number of ether oxygens (including phenoxy) is 4. The molecule has 2 aliphatic rings. The predicted octanol–water partition coefficient (Wildman–Crippen LogP) is 5.40. The highest BCUT2D eigenvalue weighted by Crippen LogP contribution is 2.41. The Balaban J connectivity index is 2.17. The van der Waals surface area contributed by atoms with Crippen molar-refractivity contribution in [1.29, 1.82) is 0 Å². The lowest BCUT2D eigenvalue weighted by atomic mass is 10.0. The third kappa shape index (κ3) is 5.89. The lowest BCUT2D eigenvalue weighted by molar-refractivity contribution is -0.175. The highest BCUT2D eigenvalue weighted by atomic mass is 28.4. The SMILES string of the molecule is CCC/C=C\[C@@H]1OC(C)(C)O[C@H]1[C@H]1OC(C)(C)O[C@@H]1CO[Si](C)(C)C(C)(C)C. The summed E-state index contributed by atoms with van der Waals surface area (Å²) in [6.07, 6.45) is 5.62. The minimum Gasteiger partial charge on any atom is -0.414 e. The third-order valence-corrected chi connectivity index (χ3v) is 10.4. The molecule has 28 heavy (non-hydrogen) atoms. The fourth-order valence-electron chi connectivity index (χ4n) is 3.39. The van der Waals surface area contributed by atoms with Crippen LogP contribution >= 0.6 is 0 Å². The van der Waals surface area contributed by atoms with Crippen molar-refractivity contribution in [3.8, 4) is 0 Å². The summed E-state index contributed by atoms with van der Waals surface area (Å²) in [7, 11) is -1.88. The fraction of sp³-hybridized carbons (Fsp3) is 0.909. The van der Waals surface area contributed by atoms with Crippen LogP contribution in [0.25, 0.3) is 0 Å². The zero-order chi connectivity index (χ0) is 21.4. The number of hydrogen-bond donors (Lipinski definition) is 0. The Bertz CT molecular complexity index is 550. The number of hydrogen-bond acceptors (Lipinski definition) is 5. The van der Waals surface area contributed by atoms with Gasteiger partial charge in [0.1, 0.15) is 24.4 Å². The Morgan fingerprint density at radius 2 is 1.50 bits per heavy atom. The van der Waals surface area contributed by atoms with Crippen molar-refractivity contribution in [3.05, 3.63) is 12.2 Å². The van der Waals surface area contributed by atoms with Gasteiger partial charge in [-0.05, 0) is 52.2 Å². The lowest BCUT2D eigenvalue weighted by Gasteiger charge is -2.37. The van der Waals surface area contributed by atoms with Gasteiger partial charge in [-0.1, -0.05) is 46.3 Å². The average molecular weight is 415 g/mol. The van der Waals surface area contributed by atoms with E-state index in [1.54, 1.807) is 0 Å². The molecule has 0 saturated carbocycles. The molecule has 0 amide bonds. The first-order chi connectivity index (χ1) is 12.7. The minimum absolute atomic E-state index is 0.151. The van der Waals surface area contributed by atoms with Crippen LogP contribution in [0.4, 0.5) is 0 Å². The molecule has 2 rings (SSSR count). The third-order valence-electron chi connectivity index (χ3n) is 5.90. The highest BCUT2D eigenvalue weighted by Gasteiger charge is 2.53. The van der Waals surface area contributed by atoms with Crippen LogP contribution in [0.3, 0.4) is 0 Å². The normalized spacial score (nSPS) is 33.1. The van der Waals surface area contributed by atoms with Gasteiger partial charge in [-0.15, -0.1) is 0 Å². The summed E-state index contributed by atoms with van der Waals surface area (Å²) >= 11 is 0.